The van der Waals surface area contributed by atoms with Gasteiger partial charge in [0.25, 0.3) is 0 Å². The zero-order valence-electron chi connectivity index (χ0n) is 31.3. The van der Waals surface area contributed by atoms with Gasteiger partial charge in [0.2, 0.25) is 5.89 Å². The number of nitrogens with one attached hydrogen (secondary N) is 1. The van der Waals surface area contributed by atoms with Gasteiger partial charge in [0, 0.05) is 28.3 Å². The van der Waals surface area contributed by atoms with Crippen molar-refractivity contribution in [2.45, 2.75) is 25.8 Å². The number of nitrogens with zero attached hydrogens (tertiary/aromatic N) is 2. The number of rotatable bonds is 7. The molecular weight excluding hydrogens is 683 g/mol. The standard InChI is InChI=1S/C52H39N3O/c1-33(2)34-19-21-37(22-20-34)52-55-47-28-24-40(31-49(47)56-52)46-27-25-42(32-53-46)50-43-17-8-6-11-35(43)23-26-44(50)38-15-10-16-41(29-38)51-45-18-9-7-14-39(45)30-48(54-51)36-12-4-3-5-13-36/h3-33,46,53H,1-2H3. The Balaban J connectivity index is 1.00. The first-order valence-corrected chi connectivity index (χ1v) is 19.3. The van der Waals surface area contributed by atoms with E-state index >= 15 is 0 Å². The fraction of sp³-hybridized carbons (Fsp3) is 0.0769. The molecule has 0 radical (unpaired) electrons. The molecule has 0 amide bonds. The predicted octanol–water partition coefficient (Wildman–Crippen LogP) is 13.6. The van der Waals surface area contributed by atoms with Gasteiger partial charge in [-0.2, -0.15) is 0 Å². The fourth-order valence-corrected chi connectivity index (χ4v) is 7.95. The molecule has 268 valence electrons. The van der Waals surface area contributed by atoms with Crippen molar-refractivity contribution in [1.29, 1.82) is 0 Å². The number of benzene rings is 7. The minimum atomic E-state index is -0.0139. The van der Waals surface area contributed by atoms with Gasteiger partial charge in [-0.15, -0.1) is 0 Å². The Morgan fingerprint density at radius 2 is 1.34 bits per heavy atom. The van der Waals surface area contributed by atoms with E-state index in [2.05, 4.69) is 195 Å². The van der Waals surface area contributed by atoms with Crippen LogP contribution in [0.4, 0.5) is 0 Å². The van der Waals surface area contributed by atoms with Crippen LogP contribution in [0.1, 0.15) is 42.5 Å². The summed E-state index contributed by atoms with van der Waals surface area (Å²) < 4.78 is 6.30. The van der Waals surface area contributed by atoms with Crippen molar-refractivity contribution in [1.82, 2.24) is 15.3 Å². The monoisotopic (exact) mass is 721 g/mol. The topological polar surface area (TPSA) is 51.0 Å². The van der Waals surface area contributed by atoms with Crippen molar-refractivity contribution in [3.8, 4) is 45.1 Å². The van der Waals surface area contributed by atoms with Crippen LogP contribution >= 0.6 is 0 Å². The molecule has 0 aliphatic carbocycles. The minimum absolute atomic E-state index is 0.0139. The summed E-state index contributed by atoms with van der Waals surface area (Å²) in [4.78, 5) is 10.1. The molecule has 1 aliphatic heterocycles. The van der Waals surface area contributed by atoms with Gasteiger partial charge in [0.1, 0.15) is 5.52 Å². The van der Waals surface area contributed by atoms with Crippen LogP contribution in [0.25, 0.3) is 83.3 Å². The van der Waals surface area contributed by atoms with Gasteiger partial charge in [0.15, 0.2) is 5.58 Å². The first-order chi connectivity index (χ1) is 27.6. The number of hydrogen-bond donors (Lipinski definition) is 1. The molecule has 0 saturated heterocycles. The van der Waals surface area contributed by atoms with Crippen molar-refractivity contribution >= 4 is 38.2 Å². The number of hydrogen-bond acceptors (Lipinski definition) is 4. The maximum atomic E-state index is 6.30. The highest BCUT2D eigenvalue weighted by Gasteiger charge is 2.19. The number of fused-ring (bicyclic) bond motifs is 3. The predicted molar refractivity (Wildman–Crippen MR) is 232 cm³/mol. The third-order valence-electron chi connectivity index (χ3n) is 11.0. The lowest BCUT2D eigenvalue weighted by Crippen LogP contribution is -2.16. The number of aromatic nitrogens is 2. The minimum Gasteiger partial charge on any atom is -0.436 e. The van der Waals surface area contributed by atoms with Gasteiger partial charge in [0.05, 0.1) is 17.4 Å². The van der Waals surface area contributed by atoms with Crippen molar-refractivity contribution in [3.05, 3.63) is 199 Å². The summed E-state index contributed by atoms with van der Waals surface area (Å²) in [6.07, 6.45) is 6.65. The summed E-state index contributed by atoms with van der Waals surface area (Å²) in [6.45, 7) is 4.41. The molecule has 2 aromatic heterocycles. The summed E-state index contributed by atoms with van der Waals surface area (Å²) in [7, 11) is 0. The molecule has 10 rings (SSSR count). The summed E-state index contributed by atoms with van der Waals surface area (Å²) in [6, 6.07) is 57.9. The zero-order chi connectivity index (χ0) is 37.6. The van der Waals surface area contributed by atoms with Crippen molar-refractivity contribution < 1.29 is 4.42 Å². The first-order valence-electron chi connectivity index (χ1n) is 19.3. The lowest BCUT2D eigenvalue weighted by molar-refractivity contribution is 0.618. The smallest absolute Gasteiger partial charge is 0.227 e. The summed E-state index contributed by atoms with van der Waals surface area (Å²) in [5.41, 5.74) is 13.8. The highest BCUT2D eigenvalue weighted by atomic mass is 16.3. The van der Waals surface area contributed by atoms with Crippen LogP contribution in [0.15, 0.2) is 187 Å². The van der Waals surface area contributed by atoms with Crippen LogP contribution in [0.2, 0.25) is 0 Å². The number of dihydropyridines is 1. The Kier molecular flexibility index (Phi) is 8.37. The lowest BCUT2D eigenvalue weighted by atomic mass is 9.87. The molecule has 4 nitrogen and oxygen atoms in total. The quantitative estimate of drug-likeness (QED) is 0.178. The van der Waals surface area contributed by atoms with E-state index in [0.717, 1.165) is 61.3 Å². The van der Waals surface area contributed by atoms with Gasteiger partial charge in [-0.1, -0.05) is 153 Å². The van der Waals surface area contributed by atoms with E-state index in [0.29, 0.717) is 11.8 Å². The van der Waals surface area contributed by atoms with Crippen LogP contribution in [-0.2, 0) is 0 Å². The molecule has 0 bridgehead atoms. The largest absolute Gasteiger partial charge is 0.436 e. The molecule has 1 N–H and O–H groups in total. The van der Waals surface area contributed by atoms with Crippen molar-refractivity contribution in [2.24, 2.45) is 0 Å². The zero-order valence-corrected chi connectivity index (χ0v) is 31.3. The van der Waals surface area contributed by atoms with Crippen LogP contribution in [0, 0.1) is 0 Å². The molecular formula is C52H39N3O. The molecule has 0 spiro atoms. The molecule has 1 unspecified atom stereocenters. The van der Waals surface area contributed by atoms with Gasteiger partial charge in [-0.3, -0.25) is 0 Å². The fourth-order valence-electron chi connectivity index (χ4n) is 7.95. The molecule has 3 heterocycles. The number of pyridine rings is 1. The van der Waals surface area contributed by atoms with E-state index in [1.54, 1.807) is 0 Å². The van der Waals surface area contributed by atoms with Gasteiger partial charge >= 0.3 is 0 Å². The second-order valence-corrected chi connectivity index (χ2v) is 14.9. The van der Waals surface area contributed by atoms with Gasteiger partial charge in [-0.25, -0.2) is 9.97 Å². The molecule has 4 heteroatoms. The van der Waals surface area contributed by atoms with Crippen LogP contribution in [-0.4, -0.2) is 9.97 Å². The lowest BCUT2D eigenvalue weighted by Gasteiger charge is -2.22. The van der Waals surface area contributed by atoms with Crippen molar-refractivity contribution in [2.75, 3.05) is 0 Å². The van der Waals surface area contributed by atoms with Crippen LogP contribution < -0.4 is 5.32 Å². The van der Waals surface area contributed by atoms with E-state index in [1.807, 2.05) is 6.07 Å². The maximum Gasteiger partial charge on any atom is 0.227 e. The average Bonchev–Trinajstić information content (AvgIpc) is 3.70. The second-order valence-electron chi connectivity index (χ2n) is 14.9. The second kappa shape index (κ2) is 14.0. The maximum absolute atomic E-state index is 6.30. The molecule has 0 saturated carbocycles. The summed E-state index contributed by atoms with van der Waals surface area (Å²) >= 11 is 0. The Morgan fingerprint density at radius 1 is 0.589 bits per heavy atom. The molecule has 9 aromatic rings. The molecule has 1 atom stereocenters. The third-order valence-corrected chi connectivity index (χ3v) is 11.0. The third kappa shape index (κ3) is 6.15. The van der Waals surface area contributed by atoms with Gasteiger partial charge in [-0.05, 0) is 91.9 Å². The highest BCUT2D eigenvalue weighted by molar-refractivity contribution is 6.03. The normalized spacial score (nSPS) is 14.1. The van der Waals surface area contributed by atoms with E-state index in [9.17, 15) is 0 Å². The number of allylic oxidation sites excluding steroid dienone is 2. The Bertz CT molecular complexity index is 2970. The van der Waals surface area contributed by atoms with Gasteiger partial charge < -0.3 is 9.73 Å². The average molecular weight is 722 g/mol. The summed E-state index contributed by atoms with van der Waals surface area (Å²) in [5.74, 6) is 1.12. The Labute approximate surface area is 326 Å². The van der Waals surface area contributed by atoms with E-state index < -0.39 is 0 Å². The number of oxazole rings is 1. The molecule has 56 heavy (non-hydrogen) atoms. The first kappa shape index (κ1) is 33.5. The van der Waals surface area contributed by atoms with Crippen LogP contribution in [0.3, 0.4) is 0 Å². The molecule has 1 aliphatic rings. The van der Waals surface area contributed by atoms with E-state index in [-0.39, 0.29) is 6.04 Å². The Hall–Kier alpha value is -7.04. The SMILES string of the molecule is CC(C)c1ccc(-c2nc3ccc(C4C=CC(c5c(-c6cccc(-c7nc(-c8ccccc8)cc8ccccc78)c6)ccc6ccccc56)=CN4)cc3o2)cc1. The summed E-state index contributed by atoms with van der Waals surface area (Å²) in [5, 5.41) is 8.42. The highest BCUT2D eigenvalue weighted by Crippen LogP contribution is 2.40. The van der Waals surface area contributed by atoms with Crippen LogP contribution in [0.5, 0.6) is 0 Å². The Morgan fingerprint density at radius 3 is 2.14 bits per heavy atom. The van der Waals surface area contributed by atoms with E-state index in [1.165, 1.54) is 32.8 Å². The van der Waals surface area contributed by atoms with Crippen molar-refractivity contribution in [3.63, 3.8) is 0 Å². The molecule has 0 fully saturated rings. The molecule has 7 aromatic carbocycles. The van der Waals surface area contributed by atoms with E-state index in [4.69, 9.17) is 14.4 Å².